The fraction of sp³-hybridized carbons (Fsp3) is 0.300. The minimum absolute atomic E-state index is 0.0549. The van der Waals surface area contributed by atoms with Crippen molar-refractivity contribution in [2.45, 2.75) is 26.9 Å². The molecule has 2 aromatic heterocycles. The second kappa shape index (κ2) is 8.54. The lowest BCUT2D eigenvalue weighted by atomic mass is 10.1. The Morgan fingerprint density at radius 3 is 2.66 bits per heavy atom. The van der Waals surface area contributed by atoms with Crippen LogP contribution >= 0.6 is 0 Å². The van der Waals surface area contributed by atoms with Crippen molar-refractivity contribution in [2.24, 2.45) is 0 Å². The van der Waals surface area contributed by atoms with E-state index in [0.717, 1.165) is 5.56 Å². The molecule has 1 aromatic carbocycles. The number of ether oxygens (including phenoxy) is 1. The van der Waals surface area contributed by atoms with E-state index in [-0.39, 0.29) is 30.2 Å². The molecule has 0 aliphatic heterocycles. The van der Waals surface area contributed by atoms with Crippen LogP contribution in [0.1, 0.15) is 40.3 Å². The predicted molar refractivity (Wildman–Crippen MR) is 101 cm³/mol. The molecule has 1 amide bonds. The Balaban J connectivity index is 1.99. The molecule has 154 valence electrons. The van der Waals surface area contributed by atoms with E-state index in [1.807, 2.05) is 0 Å². The molecule has 0 saturated carbocycles. The van der Waals surface area contributed by atoms with Gasteiger partial charge in [-0.1, -0.05) is 6.07 Å². The van der Waals surface area contributed by atoms with Gasteiger partial charge in [0.2, 0.25) is 0 Å². The Labute approximate surface area is 165 Å². The number of rotatable bonds is 7. The van der Waals surface area contributed by atoms with Gasteiger partial charge < -0.3 is 9.84 Å². The molecule has 1 atom stereocenters. The number of hydrogen-bond acceptors (Lipinski definition) is 5. The van der Waals surface area contributed by atoms with Gasteiger partial charge in [0.15, 0.2) is 11.4 Å². The van der Waals surface area contributed by atoms with Crippen LogP contribution in [-0.4, -0.2) is 33.6 Å². The monoisotopic (exact) mass is 405 g/mol. The average Bonchev–Trinajstić information content (AvgIpc) is 2.97. The van der Waals surface area contributed by atoms with Crippen LogP contribution in [0.25, 0.3) is 5.65 Å². The number of hydroxylamine groups is 1. The second-order valence-electron chi connectivity index (χ2n) is 6.52. The van der Waals surface area contributed by atoms with E-state index in [0.29, 0.717) is 11.3 Å². The van der Waals surface area contributed by atoms with Crippen LogP contribution < -0.4 is 10.2 Å². The molecular weight excluding hydrogens is 384 g/mol. The number of benzene rings is 1. The topological polar surface area (TPSA) is 85.1 Å². The van der Waals surface area contributed by atoms with Crippen molar-refractivity contribution in [3.8, 4) is 5.75 Å². The number of halogens is 2. The maximum Gasteiger partial charge on any atom is 0.293 e. The quantitative estimate of drug-likeness (QED) is 0.466. The third-order valence-corrected chi connectivity index (χ3v) is 4.28. The molecule has 7 nitrogen and oxygen atoms in total. The maximum atomic E-state index is 14.1. The van der Waals surface area contributed by atoms with E-state index in [1.165, 1.54) is 29.5 Å². The molecular formula is C20H21F2N3O4. The normalized spacial score (nSPS) is 12.2. The fourth-order valence-corrected chi connectivity index (χ4v) is 3.08. The molecule has 0 fully saturated rings. The van der Waals surface area contributed by atoms with E-state index in [1.54, 1.807) is 26.1 Å². The van der Waals surface area contributed by atoms with Crippen LogP contribution in [-0.2, 0) is 4.84 Å². The van der Waals surface area contributed by atoms with Crippen LogP contribution in [0.4, 0.5) is 8.78 Å². The average molecular weight is 405 g/mol. The molecule has 0 aliphatic rings. The van der Waals surface area contributed by atoms with Crippen molar-refractivity contribution >= 4 is 11.6 Å². The number of imidazole rings is 1. The summed E-state index contributed by atoms with van der Waals surface area (Å²) in [6.07, 6.45) is 0.765. The zero-order valence-electron chi connectivity index (χ0n) is 16.2. The number of nitrogens with zero attached hydrogens (tertiary/aromatic N) is 2. The summed E-state index contributed by atoms with van der Waals surface area (Å²) in [6, 6.07) is 5.30. The third kappa shape index (κ3) is 4.20. The number of nitrogens with one attached hydrogen (secondary N) is 1. The van der Waals surface area contributed by atoms with Gasteiger partial charge in [0.1, 0.15) is 23.4 Å². The number of aliphatic hydroxyl groups excluding tert-OH is 1. The van der Waals surface area contributed by atoms with E-state index >= 15 is 0 Å². The van der Waals surface area contributed by atoms with Crippen LogP contribution in [0.15, 0.2) is 30.5 Å². The maximum absolute atomic E-state index is 14.1. The fourth-order valence-electron chi connectivity index (χ4n) is 3.08. The van der Waals surface area contributed by atoms with Crippen molar-refractivity contribution in [2.75, 3.05) is 13.2 Å². The SMILES string of the molecule is Cc1cc(OC(C)c2c(F)cccc2F)c2nc(C)c(C(=O)NOCCO)n2c1. The number of pyridine rings is 1. The Morgan fingerprint density at radius 2 is 2.00 bits per heavy atom. The number of aromatic nitrogens is 2. The molecule has 0 bridgehead atoms. The van der Waals surface area contributed by atoms with E-state index in [9.17, 15) is 13.6 Å². The molecule has 2 heterocycles. The van der Waals surface area contributed by atoms with E-state index in [4.69, 9.17) is 14.7 Å². The van der Waals surface area contributed by atoms with Gasteiger partial charge in [-0.05, 0) is 44.5 Å². The van der Waals surface area contributed by atoms with Gasteiger partial charge in [0, 0.05) is 6.20 Å². The van der Waals surface area contributed by atoms with Crippen LogP contribution in [0.5, 0.6) is 5.75 Å². The number of hydrogen-bond donors (Lipinski definition) is 2. The molecule has 2 N–H and O–H groups in total. The summed E-state index contributed by atoms with van der Waals surface area (Å²) in [6.45, 7) is 4.67. The highest BCUT2D eigenvalue weighted by Gasteiger charge is 2.23. The van der Waals surface area contributed by atoms with Gasteiger partial charge in [-0.15, -0.1) is 0 Å². The highest BCUT2D eigenvalue weighted by Crippen LogP contribution is 2.30. The summed E-state index contributed by atoms with van der Waals surface area (Å²) in [7, 11) is 0. The molecule has 0 radical (unpaired) electrons. The zero-order valence-corrected chi connectivity index (χ0v) is 16.2. The van der Waals surface area contributed by atoms with E-state index in [2.05, 4.69) is 10.5 Å². The van der Waals surface area contributed by atoms with Crippen molar-refractivity contribution in [3.05, 3.63) is 64.6 Å². The van der Waals surface area contributed by atoms with Gasteiger partial charge in [-0.2, -0.15) is 0 Å². The summed E-state index contributed by atoms with van der Waals surface area (Å²) >= 11 is 0. The second-order valence-corrected chi connectivity index (χ2v) is 6.52. The van der Waals surface area contributed by atoms with Gasteiger partial charge in [0.05, 0.1) is 24.5 Å². The summed E-state index contributed by atoms with van der Waals surface area (Å²) < 4.78 is 35.6. The minimum atomic E-state index is -0.927. The van der Waals surface area contributed by atoms with Crippen LogP contribution in [0, 0.1) is 25.5 Å². The Hall–Kier alpha value is -3.04. The van der Waals surface area contributed by atoms with Crippen LogP contribution in [0.2, 0.25) is 0 Å². The first-order valence-electron chi connectivity index (χ1n) is 8.96. The predicted octanol–water partition coefficient (Wildman–Crippen LogP) is 3.02. The Kier molecular flexibility index (Phi) is 6.09. The van der Waals surface area contributed by atoms with Gasteiger partial charge in [-0.3, -0.25) is 14.0 Å². The molecule has 3 rings (SSSR count). The molecule has 29 heavy (non-hydrogen) atoms. The number of carbonyl (C=O) groups excluding carboxylic acids is 1. The Bertz CT molecular complexity index is 1030. The minimum Gasteiger partial charge on any atom is -0.482 e. The number of carbonyl (C=O) groups is 1. The van der Waals surface area contributed by atoms with Crippen molar-refractivity contribution in [1.29, 1.82) is 0 Å². The lowest BCUT2D eigenvalue weighted by Gasteiger charge is -2.17. The first kappa shape index (κ1) is 20.7. The van der Waals surface area contributed by atoms with Gasteiger partial charge >= 0.3 is 0 Å². The lowest BCUT2D eigenvalue weighted by molar-refractivity contribution is 0.0163. The first-order valence-corrected chi connectivity index (χ1v) is 8.96. The molecule has 0 aliphatic carbocycles. The summed E-state index contributed by atoms with van der Waals surface area (Å²) in [5.41, 5.74) is 3.75. The highest BCUT2D eigenvalue weighted by molar-refractivity contribution is 5.94. The molecule has 9 heteroatoms. The summed E-state index contributed by atoms with van der Waals surface area (Å²) in [5, 5.41) is 8.76. The summed E-state index contributed by atoms with van der Waals surface area (Å²) in [5.74, 6) is -1.68. The molecule has 1 unspecified atom stereocenters. The van der Waals surface area contributed by atoms with Crippen molar-refractivity contribution < 1.29 is 28.3 Å². The molecule has 3 aromatic rings. The van der Waals surface area contributed by atoms with Gasteiger partial charge in [-0.25, -0.2) is 19.2 Å². The molecule has 0 saturated heterocycles. The Morgan fingerprint density at radius 1 is 1.31 bits per heavy atom. The van der Waals surface area contributed by atoms with Crippen LogP contribution in [0.3, 0.4) is 0 Å². The van der Waals surface area contributed by atoms with Crippen molar-refractivity contribution in [3.63, 3.8) is 0 Å². The number of aryl methyl sites for hydroxylation is 2. The zero-order chi connectivity index (χ0) is 21.1. The standard InChI is InChI=1S/C20H21F2N3O4/c1-11-9-16(29-13(3)17-14(21)5-4-6-15(17)22)19-23-12(2)18(25(19)10-11)20(27)24-28-8-7-26/h4-6,9-10,13,26H,7-8H2,1-3H3,(H,24,27). The van der Waals surface area contributed by atoms with Gasteiger partial charge in [0.25, 0.3) is 5.91 Å². The largest absolute Gasteiger partial charge is 0.482 e. The highest BCUT2D eigenvalue weighted by atomic mass is 19.1. The number of fused-ring (bicyclic) bond motifs is 1. The lowest BCUT2D eigenvalue weighted by Crippen LogP contribution is -2.27. The van der Waals surface area contributed by atoms with Crippen molar-refractivity contribution in [1.82, 2.24) is 14.9 Å². The third-order valence-electron chi connectivity index (χ3n) is 4.28. The summed E-state index contributed by atoms with van der Waals surface area (Å²) in [4.78, 5) is 21.7. The molecule has 0 spiro atoms. The smallest absolute Gasteiger partial charge is 0.293 e. The number of aliphatic hydroxyl groups is 1. The van der Waals surface area contributed by atoms with E-state index < -0.39 is 23.6 Å². The number of amides is 1. The first-order chi connectivity index (χ1) is 13.8.